The molecule has 0 aromatic heterocycles. The third-order valence-electron chi connectivity index (χ3n) is 2.87. The normalized spacial score (nSPS) is 12.6. The predicted molar refractivity (Wildman–Crippen MR) is 78.2 cm³/mol. The molecule has 6 nitrogen and oxygen atoms in total. The molecule has 0 fully saturated rings. The Balaban J connectivity index is 3.02. The largest absolute Gasteiger partial charge is 0.484 e. The highest BCUT2D eigenvalue weighted by atomic mass is 16.6. The van der Waals surface area contributed by atoms with Crippen molar-refractivity contribution in [2.24, 2.45) is 5.92 Å². The zero-order valence-electron chi connectivity index (χ0n) is 12.3. The van der Waals surface area contributed by atoms with Crippen LogP contribution in [0.3, 0.4) is 0 Å². The maximum atomic E-state index is 11.0. The molecule has 0 saturated carbocycles. The van der Waals surface area contributed by atoms with Gasteiger partial charge in [-0.15, -0.1) is 0 Å². The minimum absolute atomic E-state index is 0.00494. The second-order valence-corrected chi connectivity index (χ2v) is 5.28. The molecule has 6 heteroatoms. The molecule has 0 saturated heterocycles. The SMILES string of the molecule is CC(C)Oc1cc(N[C@H](CO)C(C)C)ccc1[N+](=O)[O-]. The van der Waals surface area contributed by atoms with Gasteiger partial charge in [-0.3, -0.25) is 10.1 Å². The van der Waals surface area contributed by atoms with Crippen LogP contribution in [0, 0.1) is 16.0 Å². The molecule has 0 heterocycles. The van der Waals surface area contributed by atoms with E-state index in [9.17, 15) is 15.2 Å². The highest BCUT2D eigenvalue weighted by molar-refractivity contribution is 5.58. The van der Waals surface area contributed by atoms with Gasteiger partial charge >= 0.3 is 5.69 Å². The number of nitrogens with zero attached hydrogens (tertiary/aromatic N) is 1. The van der Waals surface area contributed by atoms with Gasteiger partial charge in [-0.25, -0.2) is 0 Å². The molecule has 0 bridgehead atoms. The molecule has 2 N–H and O–H groups in total. The molecule has 0 aliphatic rings. The Labute approximate surface area is 118 Å². The molecule has 0 spiro atoms. The Morgan fingerprint density at radius 1 is 1.35 bits per heavy atom. The molecular weight excluding hydrogens is 260 g/mol. The highest BCUT2D eigenvalue weighted by Gasteiger charge is 2.18. The van der Waals surface area contributed by atoms with Crippen molar-refractivity contribution in [1.82, 2.24) is 0 Å². The Kier molecular flexibility index (Phi) is 5.76. The number of hydrogen-bond acceptors (Lipinski definition) is 5. The summed E-state index contributed by atoms with van der Waals surface area (Å²) >= 11 is 0. The molecular formula is C14H22N2O4. The summed E-state index contributed by atoms with van der Waals surface area (Å²) in [6.07, 6.45) is -0.150. The maximum absolute atomic E-state index is 11.0. The van der Waals surface area contributed by atoms with E-state index in [0.717, 1.165) is 0 Å². The molecule has 0 unspecified atom stereocenters. The van der Waals surface area contributed by atoms with Crippen molar-refractivity contribution in [2.75, 3.05) is 11.9 Å². The third-order valence-corrected chi connectivity index (χ3v) is 2.87. The van der Waals surface area contributed by atoms with E-state index in [4.69, 9.17) is 4.74 Å². The average molecular weight is 282 g/mol. The average Bonchev–Trinajstić information content (AvgIpc) is 2.34. The number of benzene rings is 1. The molecule has 112 valence electrons. The highest BCUT2D eigenvalue weighted by Crippen LogP contribution is 2.31. The van der Waals surface area contributed by atoms with Crippen molar-refractivity contribution in [3.63, 3.8) is 0 Å². The molecule has 20 heavy (non-hydrogen) atoms. The molecule has 1 aromatic carbocycles. The number of nitro groups is 1. The van der Waals surface area contributed by atoms with Gasteiger partial charge in [0.1, 0.15) is 0 Å². The molecule has 1 atom stereocenters. The number of hydrogen-bond donors (Lipinski definition) is 2. The van der Waals surface area contributed by atoms with Crippen LogP contribution in [0.4, 0.5) is 11.4 Å². The fourth-order valence-corrected chi connectivity index (χ4v) is 1.74. The van der Waals surface area contributed by atoms with Gasteiger partial charge in [-0.05, 0) is 25.8 Å². The van der Waals surface area contributed by atoms with Crippen LogP contribution in [0.2, 0.25) is 0 Å². The molecule has 0 aliphatic heterocycles. The van der Waals surface area contributed by atoms with E-state index in [0.29, 0.717) is 5.69 Å². The van der Waals surface area contributed by atoms with Crippen LogP contribution in [0.25, 0.3) is 0 Å². The minimum Gasteiger partial charge on any atom is -0.484 e. The van der Waals surface area contributed by atoms with Crippen LogP contribution >= 0.6 is 0 Å². The third kappa shape index (κ3) is 4.38. The Hall–Kier alpha value is -1.82. The Morgan fingerprint density at radius 3 is 2.45 bits per heavy atom. The summed E-state index contributed by atoms with van der Waals surface area (Å²) in [4.78, 5) is 10.5. The van der Waals surface area contributed by atoms with Crippen LogP contribution in [-0.4, -0.2) is 28.8 Å². The van der Waals surface area contributed by atoms with Crippen LogP contribution < -0.4 is 10.1 Å². The summed E-state index contributed by atoms with van der Waals surface area (Å²) in [6.45, 7) is 7.60. The monoisotopic (exact) mass is 282 g/mol. The predicted octanol–water partition coefficient (Wildman–Crippen LogP) is 2.81. The second kappa shape index (κ2) is 7.09. The van der Waals surface area contributed by atoms with Gasteiger partial charge in [0.15, 0.2) is 5.75 Å². The van der Waals surface area contributed by atoms with E-state index in [2.05, 4.69) is 5.32 Å². The molecule has 1 aromatic rings. The van der Waals surface area contributed by atoms with Crippen molar-refractivity contribution in [1.29, 1.82) is 0 Å². The van der Waals surface area contributed by atoms with Crippen molar-refractivity contribution in [3.8, 4) is 5.75 Å². The van der Waals surface area contributed by atoms with Gasteiger partial charge in [0, 0.05) is 17.8 Å². The van der Waals surface area contributed by atoms with E-state index in [1.165, 1.54) is 6.07 Å². The zero-order chi connectivity index (χ0) is 15.3. The minimum atomic E-state index is -0.465. The van der Waals surface area contributed by atoms with Crippen LogP contribution in [0.1, 0.15) is 27.7 Å². The van der Waals surface area contributed by atoms with E-state index in [1.54, 1.807) is 12.1 Å². The fraction of sp³-hybridized carbons (Fsp3) is 0.571. The first-order valence-corrected chi connectivity index (χ1v) is 6.67. The fourth-order valence-electron chi connectivity index (χ4n) is 1.74. The molecule has 1 rings (SSSR count). The van der Waals surface area contributed by atoms with Crippen molar-refractivity contribution < 1.29 is 14.8 Å². The van der Waals surface area contributed by atoms with Gasteiger partial charge < -0.3 is 15.2 Å². The number of ether oxygens (including phenoxy) is 1. The lowest BCUT2D eigenvalue weighted by Crippen LogP contribution is -2.29. The lowest BCUT2D eigenvalue weighted by atomic mass is 10.1. The second-order valence-electron chi connectivity index (χ2n) is 5.28. The van der Waals surface area contributed by atoms with E-state index in [1.807, 2.05) is 27.7 Å². The number of aliphatic hydroxyl groups is 1. The van der Waals surface area contributed by atoms with Crippen molar-refractivity contribution >= 4 is 11.4 Å². The van der Waals surface area contributed by atoms with E-state index in [-0.39, 0.29) is 36.1 Å². The van der Waals surface area contributed by atoms with Gasteiger partial charge in [0.25, 0.3) is 0 Å². The van der Waals surface area contributed by atoms with E-state index >= 15 is 0 Å². The Bertz CT molecular complexity index is 460. The summed E-state index contributed by atoms with van der Waals surface area (Å²) < 4.78 is 5.48. The molecule has 0 aliphatic carbocycles. The number of nitrogens with one attached hydrogen (secondary N) is 1. The maximum Gasteiger partial charge on any atom is 0.311 e. The van der Waals surface area contributed by atoms with Crippen molar-refractivity contribution in [3.05, 3.63) is 28.3 Å². The number of nitro benzene ring substituents is 1. The summed E-state index contributed by atoms with van der Waals surface area (Å²) in [5, 5.41) is 23.4. The topological polar surface area (TPSA) is 84.6 Å². The quantitative estimate of drug-likeness (QED) is 0.593. The number of anilines is 1. The zero-order valence-corrected chi connectivity index (χ0v) is 12.3. The first kappa shape index (κ1) is 16.2. The summed E-state index contributed by atoms with van der Waals surface area (Å²) in [6, 6.07) is 4.53. The van der Waals surface area contributed by atoms with E-state index < -0.39 is 4.92 Å². The molecule has 0 amide bonds. The Morgan fingerprint density at radius 2 is 2.00 bits per heavy atom. The first-order valence-electron chi connectivity index (χ1n) is 6.67. The van der Waals surface area contributed by atoms with Crippen LogP contribution in [0.5, 0.6) is 5.75 Å². The summed E-state index contributed by atoms with van der Waals surface area (Å²) in [5.74, 6) is 0.472. The number of rotatable bonds is 7. The summed E-state index contributed by atoms with van der Waals surface area (Å²) in [5.41, 5.74) is 0.633. The number of aliphatic hydroxyl groups excluding tert-OH is 1. The lowest BCUT2D eigenvalue weighted by molar-refractivity contribution is -0.386. The summed E-state index contributed by atoms with van der Waals surface area (Å²) in [7, 11) is 0. The first-order chi connectivity index (χ1) is 9.35. The molecule has 0 radical (unpaired) electrons. The standard InChI is InChI=1S/C14H22N2O4/c1-9(2)12(8-17)15-11-5-6-13(16(18)19)14(7-11)20-10(3)4/h5-7,9-10,12,15,17H,8H2,1-4H3/t12-/m1/s1. The smallest absolute Gasteiger partial charge is 0.311 e. The lowest BCUT2D eigenvalue weighted by Gasteiger charge is -2.21. The van der Waals surface area contributed by atoms with Gasteiger partial charge in [0.05, 0.1) is 23.7 Å². The van der Waals surface area contributed by atoms with Gasteiger partial charge in [0.2, 0.25) is 0 Å². The van der Waals surface area contributed by atoms with Crippen LogP contribution in [0.15, 0.2) is 18.2 Å². The van der Waals surface area contributed by atoms with Crippen LogP contribution in [-0.2, 0) is 0 Å². The van der Waals surface area contributed by atoms with Gasteiger partial charge in [-0.1, -0.05) is 13.8 Å². The van der Waals surface area contributed by atoms with Gasteiger partial charge in [-0.2, -0.15) is 0 Å². The van der Waals surface area contributed by atoms with Crippen molar-refractivity contribution in [2.45, 2.75) is 39.8 Å².